The van der Waals surface area contributed by atoms with Gasteiger partial charge in [-0.3, -0.25) is 9.20 Å². The van der Waals surface area contributed by atoms with Gasteiger partial charge in [0.25, 0.3) is 5.91 Å². The van der Waals surface area contributed by atoms with Gasteiger partial charge in [0.05, 0.1) is 23.1 Å². The molecule has 0 spiro atoms. The maximum Gasteiger partial charge on any atom is 0.416 e. The Labute approximate surface area is 215 Å². The van der Waals surface area contributed by atoms with Crippen LogP contribution in [0.1, 0.15) is 15.9 Å². The molecule has 3 amide bonds. The van der Waals surface area contributed by atoms with Crippen LogP contribution in [0.3, 0.4) is 0 Å². The molecule has 10 heteroatoms. The largest absolute Gasteiger partial charge is 0.416 e. The number of nitrogens with one attached hydrogen (secondary N) is 3. The summed E-state index contributed by atoms with van der Waals surface area (Å²) in [5.41, 5.74) is 2.59. The number of hydrogen-bond acceptors (Lipinski definition) is 3. The van der Waals surface area contributed by atoms with E-state index >= 15 is 0 Å². The van der Waals surface area contributed by atoms with Gasteiger partial charge < -0.3 is 16.0 Å². The van der Waals surface area contributed by atoms with Crippen LogP contribution >= 0.6 is 0 Å². The second-order valence-electron chi connectivity index (χ2n) is 8.32. The minimum atomic E-state index is -4.51. The van der Waals surface area contributed by atoms with Crippen molar-refractivity contribution in [3.63, 3.8) is 0 Å². The standard InChI is InChI=1S/C28H20F3N5O2/c29-28(30,31)20-10-5-12-22(16-20)34-27(38)33-21-11-4-9-19(15-21)24-17-32-25-23(13-6-14-36(24)25)35-26(37)18-7-2-1-3-8-18/h1-17H,(H,35,37)(H2,33,34,38). The van der Waals surface area contributed by atoms with Crippen molar-refractivity contribution in [3.05, 3.63) is 115 Å². The van der Waals surface area contributed by atoms with Crippen molar-refractivity contribution in [2.45, 2.75) is 6.18 Å². The summed E-state index contributed by atoms with van der Waals surface area (Å²) in [6.45, 7) is 0. The van der Waals surface area contributed by atoms with Crippen LogP contribution in [-0.2, 0) is 6.18 Å². The van der Waals surface area contributed by atoms with Crippen LogP contribution in [0.2, 0.25) is 0 Å². The average Bonchev–Trinajstić information content (AvgIpc) is 3.34. The van der Waals surface area contributed by atoms with E-state index in [4.69, 9.17) is 0 Å². The molecule has 5 aromatic rings. The number of alkyl halides is 3. The molecule has 0 saturated carbocycles. The van der Waals surface area contributed by atoms with Gasteiger partial charge in [-0.25, -0.2) is 9.78 Å². The average molecular weight is 515 g/mol. The molecule has 0 atom stereocenters. The molecular weight excluding hydrogens is 495 g/mol. The molecule has 38 heavy (non-hydrogen) atoms. The fraction of sp³-hybridized carbons (Fsp3) is 0.0357. The van der Waals surface area contributed by atoms with Crippen LogP contribution in [0.5, 0.6) is 0 Å². The molecule has 0 bridgehead atoms. The van der Waals surface area contributed by atoms with Gasteiger partial charge in [0.1, 0.15) is 0 Å². The minimum absolute atomic E-state index is 0.0142. The lowest BCUT2D eigenvalue weighted by atomic mass is 10.1. The summed E-state index contributed by atoms with van der Waals surface area (Å²) in [6, 6.07) is 23.0. The third kappa shape index (κ3) is 5.34. The highest BCUT2D eigenvalue weighted by Crippen LogP contribution is 2.31. The highest BCUT2D eigenvalue weighted by Gasteiger charge is 2.30. The summed E-state index contributed by atoms with van der Waals surface area (Å²) in [4.78, 5) is 29.6. The van der Waals surface area contributed by atoms with Gasteiger partial charge in [0.2, 0.25) is 0 Å². The van der Waals surface area contributed by atoms with Crippen LogP contribution < -0.4 is 16.0 Å². The Morgan fingerprint density at radius 1 is 0.763 bits per heavy atom. The zero-order valence-corrected chi connectivity index (χ0v) is 19.7. The summed E-state index contributed by atoms with van der Waals surface area (Å²) >= 11 is 0. The number of pyridine rings is 1. The molecule has 2 aromatic heterocycles. The van der Waals surface area contributed by atoms with E-state index in [1.165, 1.54) is 12.1 Å². The first-order chi connectivity index (χ1) is 18.3. The second kappa shape index (κ2) is 10.1. The van der Waals surface area contributed by atoms with Crippen molar-refractivity contribution in [3.8, 4) is 11.3 Å². The first-order valence-corrected chi connectivity index (χ1v) is 11.5. The Kier molecular flexibility index (Phi) is 6.53. The van der Waals surface area contributed by atoms with Gasteiger partial charge in [0, 0.05) is 28.7 Å². The summed E-state index contributed by atoms with van der Waals surface area (Å²) in [7, 11) is 0. The molecule has 3 N–H and O–H groups in total. The fourth-order valence-corrected chi connectivity index (χ4v) is 3.93. The van der Waals surface area contributed by atoms with Crippen molar-refractivity contribution in [2.75, 3.05) is 16.0 Å². The van der Waals surface area contributed by atoms with E-state index < -0.39 is 17.8 Å². The van der Waals surface area contributed by atoms with Gasteiger partial charge >= 0.3 is 12.2 Å². The topological polar surface area (TPSA) is 87.5 Å². The van der Waals surface area contributed by atoms with Crippen molar-refractivity contribution in [1.82, 2.24) is 9.38 Å². The van der Waals surface area contributed by atoms with Gasteiger partial charge in [-0.05, 0) is 54.6 Å². The van der Waals surface area contributed by atoms with Crippen LogP contribution in [0.25, 0.3) is 16.9 Å². The molecule has 0 radical (unpaired) electrons. The smallest absolute Gasteiger partial charge is 0.319 e. The maximum atomic E-state index is 13.0. The molecule has 0 aliphatic rings. The minimum Gasteiger partial charge on any atom is -0.319 e. The maximum absolute atomic E-state index is 13.0. The normalized spacial score (nSPS) is 11.2. The lowest BCUT2D eigenvalue weighted by molar-refractivity contribution is -0.137. The quantitative estimate of drug-likeness (QED) is 0.238. The first-order valence-electron chi connectivity index (χ1n) is 11.5. The molecule has 0 aliphatic heterocycles. The number of rotatable bonds is 5. The third-order valence-electron chi connectivity index (χ3n) is 5.68. The Hall–Kier alpha value is -5.12. The molecule has 0 fully saturated rings. The summed E-state index contributed by atoms with van der Waals surface area (Å²) < 4.78 is 40.7. The number of anilines is 3. The van der Waals surface area contributed by atoms with E-state index in [9.17, 15) is 22.8 Å². The van der Waals surface area contributed by atoms with Crippen LogP contribution in [0, 0.1) is 0 Å². The lowest BCUT2D eigenvalue weighted by Gasteiger charge is -2.11. The van der Waals surface area contributed by atoms with E-state index in [1.807, 2.05) is 16.5 Å². The number of carbonyl (C=O) groups is 2. The Balaban J connectivity index is 1.34. The zero-order valence-electron chi connectivity index (χ0n) is 19.7. The molecule has 3 aromatic carbocycles. The van der Waals surface area contributed by atoms with E-state index in [0.717, 1.165) is 17.7 Å². The van der Waals surface area contributed by atoms with Crippen molar-refractivity contribution >= 4 is 34.6 Å². The summed E-state index contributed by atoms with van der Waals surface area (Å²) in [5.74, 6) is -0.263. The first kappa shape index (κ1) is 24.6. The second-order valence-corrected chi connectivity index (χ2v) is 8.32. The van der Waals surface area contributed by atoms with Crippen molar-refractivity contribution in [1.29, 1.82) is 0 Å². The van der Waals surface area contributed by atoms with Crippen LogP contribution in [0.15, 0.2) is 103 Å². The van der Waals surface area contributed by atoms with E-state index in [2.05, 4.69) is 20.9 Å². The number of benzene rings is 3. The van der Waals surface area contributed by atoms with Gasteiger partial charge in [0.15, 0.2) is 5.65 Å². The molecule has 2 heterocycles. The number of fused-ring (bicyclic) bond motifs is 1. The Morgan fingerprint density at radius 2 is 1.47 bits per heavy atom. The highest BCUT2D eigenvalue weighted by atomic mass is 19.4. The number of urea groups is 1. The van der Waals surface area contributed by atoms with Gasteiger partial charge in [-0.15, -0.1) is 0 Å². The van der Waals surface area contributed by atoms with Crippen LogP contribution in [-0.4, -0.2) is 21.3 Å². The molecule has 7 nitrogen and oxygen atoms in total. The number of aromatic nitrogens is 2. The number of carbonyl (C=O) groups excluding carboxylic acids is 2. The fourth-order valence-electron chi connectivity index (χ4n) is 3.93. The monoisotopic (exact) mass is 515 g/mol. The number of hydrogen-bond donors (Lipinski definition) is 3. The number of amides is 3. The molecule has 190 valence electrons. The predicted octanol–water partition coefficient (Wildman–Crippen LogP) is 6.92. The molecule has 0 unspecified atom stereocenters. The predicted molar refractivity (Wildman–Crippen MR) is 139 cm³/mol. The SMILES string of the molecule is O=C(Nc1cccc(-c2cnc3c(NC(=O)c4ccccc4)cccn23)c1)Nc1cccc(C(F)(F)F)c1. The molecule has 5 rings (SSSR count). The van der Waals surface area contributed by atoms with Crippen molar-refractivity contribution < 1.29 is 22.8 Å². The Bertz CT molecular complexity index is 1630. The van der Waals surface area contributed by atoms with E-state index in [0.29, 0.717) is 28.3 Å². The van der Waals surface area contributed by atoms with Crippen molar-refractivity contribution in [2.24, 2.45) is 0 Å². The van der Waals surface area contributed by atoms with E-state index in [1.54, 1.807) is 67.0 Å². The summed E-state index contributed by atoms with van der Waals surface area (Å²) in [6.07, 6.45) is -1.06. The Morgan fingerprint density at radius 3 is 2.21 bits per heavy atom. The van der Waals surface area contributed by atoms with E-state index in [-0.39, 0.29) is 11.6 Å². The van der Waals surface area contributed by atoms with Gasteiger partial charge in [-0.1, -0.05) is 36.4 Å². The van der Waals surface area contributed by atoms with Crippen LogP contribution in [0.4, 0.5) is 35.0 Å². The molecular formula is C28H20F3N5O2. The zero-order chi connectivity index (χ0) is 26.7. The van der Waals surface area contributed by atoms with Gasteiger partial charge in [-0.2, -0.15) is 13.2 Å². The lowest BCUT2D eigenvalue weighted by Crippen LogP contribution is -2.19. The molecule has 0 saturated heterocycles. The molecule has 0 aliphatic carbocycles. The number of nitrogens with zero attached hydrogens (tertiary/aromatic N) is 2. The number of imidazole rings is 1. The third-order valence-corrected chi connectivity index (χ3v) is 5.68. The highest BCUT2D eigenvalue weighted by molar-refractivity contribution is 6.06. The summed E-state index contributed by atoms with van der Waals surface area (Å²) in [5, 5.41) is 7.94. The number of halogens is 3.